The average molecular weight is 573 g/mol. The number of benzene rings is 3. The van der Waals surface area contributed by atoms with Crippen LogP contribution in [0.2, 0.25) is 5.02 Å². The molecule has 3 N–H and O–H groups in total. The summed E-state index contributed by atoms with van der Waals surface area (Å²) in [7, 11) is 1.71. The van der Waals surface area contributed by atoms with Gasteiger partial charge in [0, 0.05) is 34.4 Å². The number of carbonyl (C=O) groups is 2. The monoisotopic (exact) mass is 572 g/mol. The van der Waals surface area contributed by atoms with Crippen molar-refractivity contribution in [2.45, 2.75) is 51.8 Å². The number of urea groups is 1. The molecule has 0 aliphatic heterocycles. The molecule has 0 saturated carbocycles. The van der Waals surface area contributed by atoms with Crippen LogP contribution in [0.3, 0.4) is 0 Å². The first-order valence-corrected chi connectivity index (χ1v) is 13.9. The number of anilines is 1. The Hall–Kier alpha value is -4.30. The summed E-state index contributed by atoms with van der Waals surface area (Å²) in [6.07, 6.45) is 1.08. The maximum atomic E-state index is 13.2. The van der Waals surface area contributed by atoms with Gasteiger partial charge in [0.25, 0.3) is 5.56 Å². The summed E-state index contributed by atoms with van der Waals surface area (Å²) in [6.45, 7) is 5.61. The first kappa shape index (κ1) is 28.2. The van der Waals surface area contributed by atoms with Gasteiger partial charge >= 0.3 is 12.1 Å². The van der Waals surface area contributed by atoms with Crippen molar-refractivity contribution in [1.82, 2.24) is 15.2 Å². The van der Waals surface area contributed by atoms with Crippen LogP contribution in [-0.4, -0.2) is 22.3 Å². The predicted octanol–water partition coefficient (Wildman–Crippen LogP) is 6.69. The molecule has 9 heteroatoms. The van der Waals surface area contributed by atoms with Crippen molar-refractivity contribution in [3.05, 3.63) is 98.9 Å². The van der Waals surface area contributed by atoms with E-state index in [4.69, 9.17) is 16.3 Å². The number of halogens is 1. The highest BCUT2D eigenvalue weighted by molar-refractivity contribution is 6.31. The number of hydrogen-bond donors (Lipinski definition) is 3. The lowest BCUT2D eigenvalue weighted by Crippen LogP contribution is -2.34. The number of ether oxygens (including phenoxy) is 1. The van der Waals surface area contributed by atoms with Gasteiger partial charge in [-0.2, -0.15) is 0 Å². The Bertz CT molecular complexity index is 1690. The van der Waals surface area contributed by atoms with Gasteiger partial charge in [-0.05, 0) is 86.0 Å². The lowest BCUT2D eigenvalue weighted by Gasteiger charge is -2.22. The molecule has 1 heterocycles. The van der Waals surface area contributed by atoms with Gasteiger partial charge in [-0.3, -0.25) is 4.79 Å². The van der Waals surface area contributed by atoms with Crippen molar-refractivity contribution in [3.8, 4) is 11.1 Å². The highest BCUT2D eigenvalue weighted by Crippen LogP contribution is 2.34. The van der Waals surface area contributed by atoms with E-state index in [0.717, 1.165) is 40.5 Å². The van der Waals surface area contributed by atoms with Crippen LogP contribution >= 0.6 is 11.6 Å². The number of hydrogen-bond acceptors (Lipinski definition) is 4. The Morgan fingerprint density at radius 3 is 2.51 bits per heavy atom. The highest BCUT2D eigenvalue weighted by Gasteiger charge is 2.26. The molecule has 1 aliphatic carbocycles. The fraction of sp³-hybridized carbons (Fsp3) is 0.281. The molecule has 1 aromatic heterocycles. The predicted molar refractivity (Wildman–Crippen MR) is 162 cm³/mol. The van der Waals surface area contributed by atoms with Crippen molar-refractivity contribution in [1.29, 1.82) is 0 Å². The number of amides is 3. The molecule has 1 atom stereocenters. The lowest BCUT2D eigenvalue weighted by molar-refractivity contribution is 0.0503. The average Bonchev–Trinajstić information content (AvgIpc) is 3.30. The normalized spacial score (nSPS) is 14.4. The molecule has 0 spiro atoms. The number of rotatable bonds is 5. The minimum atomic E-state index is -0.569. The molecule has 5 rings (SSSR count). The molecule has 1 unspecified atom stereocenters. The van der Waals surface area contributed by atoms with Gasteiger partial charge in [0.05, 0.1) is 12.6 Å². The molecule has 8 nitrogen and oxygen atoms in total. The van der Waals surface area contributed by atoms with Crippen LogP contribution in [0.1, 0.15) is 50.1 Å². The van der Waals surface area contributed by atoms with Crippen LogP contribution in [0, 0.1) is 0 Å². The summed E-state index contributed by atoms with van der Waals surface area (Å²) in [4.78, 5) is 38.4. The quantitative estimate of drug-likeness (QED) is 0.248. The molecule has 3 aromatic carbocycles. The Morgan fingerprint density at radius 2 is 1.78 bits per heavy atom. The second-order valence-electron chi connectivity index (χ2n) is 11.2. The second kappa shape index (κ2) is 11.3. The third kappa shape index (κ3) is 6.23. The van der Waals surface area contributed by atoms with Gasteiger partial charge in [-0.1, -0.05) is 48.0 Å². The SMILES string of the molecule is Cn1c(CNC(=O)Nc2ccc3c(c2)CCC3NC(=O)OC(C)(C)C)c(-c2ccccc2)c2cc(Cl)ccc2c1=O. The van der Waals surface area contributed by atoms with Crippen molar-refractivity contribution in [2.24, 2.45) is 7.05 Å². The van der Waals surface area contributed by atoms with E-state index in [-0.39, 0.29) is 18.1 Å². The number of alkyl carbamates (subject to hydrolysis) is 1. The Balaban J connectivity index is 1.34. The van der Waals surface area contributed by atoms with E-state index >= 15 is 0 Å². The van der Waals surface area contributed by atoms with Crippen molar-refractivity contribution in [2.75, 3.05) is 5.32 Å². The first-order chi connectivity index (χ1) is 19.5. The number of carbonyl (C=O) groups excluding carboxylic acids is 2. The van der Waals surface area contributed by atoms with Gasteiger partial charge in [-0.25, -0.2) is 9.59 Å². The third-order valence-electron chi connectivity index (χ3n) is 7.13. The summed E-state index contributed by atoms with van der Waals surface area (Å²) in [5, 5.41) is 10.6. The minimum absolute atomic E-state index is 0.122. The molecule has 4 aromatic rings. The summed E-state index contributed by atoms with van der Waals surface area (Å²) in [6, 6.07) is 20.1. The van der Waals surface area contributed by atoms with Crippen molar-refractivity contribution >= 4 is 40.2 Å². The van der Waals surface area contributed by atoms with Crippen molar-refractivity contribution in [3.63, 3.8) is 0 Å². The zero-order valence-electron chi connectivity index (χ0n) is 23.5. The van der Waals surface area contributed by atoms with Crippen LogP contribution < -0.4 is 21.5 Å². The molecule has 0 radical (unpaired) electrons. The second-order valence-corrected chi connectivity index (χ2v) is 11.6. The van der Waals surface area contributed by atoms with Gasteiger partial charge in [0.1, 0.15) is 5.60 Å². The van der Waals surface area contributed by atoms with E-state index in [1.807, 2.05) is 69.3 Å². The van der Waals surface area contributed by atoms with E-state index in [1.165, 1.54) is 0 Å². The Morgan fingerprint density at radius 1 is 1.02 bits per heavy atom. The number of aromatic nitrogens is 1. The minimum Gasteiger partial charge on any atom is -0.444 e. The third-order valence-corrected chi connectivity index (χ3v) is 7.36. The molecule has 1 aliphatic rings. The number of nitrogens with zero attached hydrogens (tertiary/aromatic N) is 1. The van der Waals surface area contributed by atoms with Crippen LogP contribution in [0.5, 0.6) is 0 Å². The number of aryl methyl sites for hydroxylation is 1. The Labute approximate surface area is 243 Å². The largest absolute Gasteiger partial charge is 0.444 e. The van der Waals surface area contributed by atoms with Crippen LogP contribution in [0.15, 0.2) is 71.5 Å². The first-order valence-electron chi connectivity index (χ1n) is 13.5. The van der Waals surface area contributed by atoms with E-state index in [2.05, 4.69) is 16.0 Å². The van der Waals surface area contributed by atoms with Crippen LogP contribution in [-0.2, 0) is 24.8 Å². The number of fused-ring (bicyclic) bond motifs is 2. The molecule has 0 bridgehead atoms. The zero-order chi connectivity index (χ0) is 29.3. The standard InChI is InChI=1S/C32H33ClN4O4/c1-32(2,3)41-31(40)36-26-15-10-20-16-22(12-14-23(20)26)35-30(39)34-18-27-28(19-8-6-5-7-9-19)25-17-21(33)11-13-24(25)29(38)37(27)4/h5-9,11-14,16-17,26H,10,15,18H2,1-4H3,(H,36,40)(H2,34,35,39). The molecule has 0 fully saturated rings. The van der Waals surface area contributed by atoms with Gasteiger partial charge in [0.2, 0.25) is 0 Å². The van der Waals surface area contributed by atoms with Crippen LogP contribution in [0.25, 0.3) is 21.9 Å². The molecule has 212 valence electrons. The van der Waals surface area contributed by atoms with Crippen molar-refractivity contribution < 1.29 is 14.3 Å². The topological polar surface area (TPSA) is 101 Å². The molecular formula is C32H33ClN4O4. The molecule has 0 saturated heterocycles. The number of nitrogens with one attached hydrogen (secondary N) is 3. The lowest BCUT2D eigenvalue weighted by atomic mass is 9.96. The Kier molecular flexibility index (Phi) is 7.78. The van der Waals surface area contributed by atoms with E-state index in [1.54, 1.807) is 29.8 Å². The summed E-state index contributed by atoms with van der Waals surface area (Å²) >= 11 is 6.32. The highest BCUT2D eigenvalue weighted by atomic mass is 35.5. The van der Waals surface area contributed by atoms with E-state index < -0.39 is 17.7 Å². The molecule has 41 heavy (non-hydrogen) atoms. The zero-order valence-corrected chi connectivity index (χ0v) is 24.3. The van der Waals surface area contributed by atoms with E-state index in [0.29, 0.717) is 21.8 Å². The smallest absolute Gasteiger partial charge is 0.408 e. The fourth-order valence-corrected chi connectivity index (χ4v) is 5.48. The summed E-state index contributed by atoms with van der Waals surface area (Å²) in [5.41, 5.74) is 4.40. The van der Waals surface area contributed by atoms with Gasteiger partial charge in [-0.15, -0.1) is 0 Å². The summed E-state index contributed by atoms with van der Waals surface area (Å²) < 4.78 is 6.97. The molecular weight excluding hydrogens is 540 g/mol. The van der Waals surface area contributed by atoms with Gasteiger partial charge < -0.3 is 25.3 Å². The molecule has 3 amide bonds. The maximum absolute atomic E-state index is 13.2. The summed E-state index contributed by atoms with van der Waals surface area (Å²) in [5.74, 6) is 0. The fourth-order valence-electron chi connectivity index (χ4n) is 5.30. The maximum Gasteiger partial charge on any atom is 0.408 e. The van der Waals surface area contributed by atoms with Gasteiger partial charge in [0.15, 0.2) is 0 Å². The van der Waals surface area contributed by atoms with Crippen LogP contribution in [0.4, 0.5) is 15.3 Å². The number of pyridine rings is 1. The van der Waals surface area contributed by atoms with E-state index in [9.17, 15) is 14.4 Å².